The normalized spacial score (nSPS) is 20.2. The molecule has 29 heavy (non-hydrogen) atoms. The number of anilines is 1. The van der Waals surface area contributed by atoms with Gasteiger partial charge in [0.1, 0.15) is 22.5 Å². The SMILES string of the molecule is N[C@@H]1c2ccnn2CC12CCN(c1cnc(Sc3ccc(F)cc3F)cn1)CC2. The van der Waals surface area contributed by atoms with Crippen LogP contribution < -0.4 is 10.6 Å². The number of nitrogens with zero attached hydrogens (tertiary/aromatic N) is 5. The highest BCUT2D eigenvalue weighted by Gasteiger charge is 2.46. The summed E-state index contributed by atoms with van der Waals surface area (Å²) in [7, 11) is 0. The van der Waals surface area contributed by atoms with E-state index in [0.29, 0.717) is 9.92 Å². The number of hydrogen-bond acceptors (Lipinski definition) is 6. The number of nitrogens with two attached hydrogens (primary N) is 1. The zero-order chi connectivity index (χ0) is 20.0. The van der Waals surface area contributed by atoms with Crippen molar-refractivity contribution in [3.05, 3.63) is 60.2 Å². The zero-order valence-corrected chi connectivity index (χ0v) is 16.4. The highest BCUT2D eigenvalue weighted by atomic mass is 32.2. The molecule has 0 saturated carbocycles. The van der Waals surface area contributed by atoms with Gasteiger partial charge in [-0.1, -0.05) is 11.8 Å². The third-order valence-electron chi connectivity index (χ3n) is 6.00. The van der Waals surface area contributed by atoms with Crippen LogP contribution in [0.4, 0.5) is 14.6 Å². The predicted octanol–water partition coefficient (Wildman–Crippen LogP) is 3.40. The summed E-state index contributed by atoms with van der Waals surface area (Å²) >= 11 is 1.13. The molecule has 0 unspecified atom stereocenters. The highest BCUT2D eigenvalue weighted by molar-refractivity contribution is 7.99. The molecule has 0 amide bonds. The molecule has 1 atom stereocenters. The van der Waals surface area contributed by atoms with Gasteiger partial charge in [-0.25, -0.2) is 18.7 Å². The van der Waals surface area contributed by atoms with E-state index in [-0.39, 0.29) is 11.5 Å². The fourth-order valence-electron chi connectivity index (χ4n) is 4.30. The molecule has 0 radical (unpaired) electrons. The van der Waals surface area contributed by atoms with Crippen molar-refractivity contribution in [1.82, 2.24) is 19.7 Å². The summed E-state index contributed by atoms with van der Waals surface area (Å²) in [5.41, 5.74) is 7.71. The average molecular weight is 414 g/mol. The first-order valence-corrected chi connectivity index (χ1v) is 10.3. The first kappa shape index (κ1) is 18.5. The van der Waals surface area contributed by atoms with Gasteiger partial charge in [-0.3, -0.25) is 4.68 Å². The molecule has 1 saturated heterocycles. The molecule has 9 heteroatoms. The van der Waals surface area contributed by atoms with E-state index in [0.717, 1.165) is 61.8 Å². The number of aromatic nitrogens is 4. The molecule has 1 fully saturated rings. The highest BCUT2D eigenvalue weighted by Crippen LogP contribution is 2.47. The van der Waals surface area contributed by atoms with Crippen LogP contribution >= 0.6 is 11.8 Å². The first-order chi connectivity index (χ1) is 14.0. The van der Waals surface area contributed by atoms with Gasteiger partial charge in [0.25, 0.3) is 0 Å². The second kappa shape index (κ2) is 7.07. The van der Waals surface area contributed by atoms with Crippen molar-refractivity contribution < 1.29 is 8.78 Å². The zero-order valence-electron chi connectivity index (χ0n) is 15.6. The molecule has 2 aliphatic rings. The van der Waals surface area contributed by atoms with Crippen molar-refractivity contribution in [2.75, 3.05) is 18.0 Å². The standard InChI is InChI=1S/C20H20F2N6S/c21-13-1-2-16(14(22)9-13)29-18-11-24-17(10-25-18)27-7-4-20(5-8-27)12-28-15(19(20)23)3-6-26-28/h1-3,6,9-11,19H,4-5,7-8,12,23H2/t19-/m1/s1. The van der Waals surface area contributed by atoms with Crippen LogP contribution in [0.2, 0.25) is 0 Å². The molecular formula is C20H20F2N6S. The van der Waals surface area contributed by atoms with Gasteiger partial charge in [0.2, 0.25) is 0 Å². The molecular weight excluding hydrogens is 394 g/mol. The Labute approximate surface area is 171 Å². The summed E-state index contributed by atoms with van der Waals surface area (Å²) in [5.74, 6) is -0.398. The van der Waals surface area contributed by atoms with Crippen molar-refractivity contribution in [2.24, 2.45) is 11.1 Å². The number of fused-ring (bicyclic) bond motifs is 1. The number of rotatable bonds is 3. The fourth-order valence-corrected chi connectivity index (χ4v) is 5.02. The molecule has 2 N–H and O–H groups in total. The summed E-state index contributed by atoms with van der Waals surface area (Å²) in [6.45, 7) is 2.58. The molecule has 150 valence electrons. The minimum atomic E-state index is -0.602. The molecule has 1 aromatic carbocycles. The molecule has 2 aromatic heterocycles. The summed E-state index contributed by atoms with van der Waals surface area (Å²) in [5, 5.41) is 4.95. The molecule has 6 nitrogen and oxygen atoms in total. The molecule has 3 aromatic rings. The molecule has 0 bridgehead atoms. The third kappa shape index (κ3) is 3.28. The number of halogens is 2. The van der Waals surface area contributed by atoms with E-state index in [4.69, 9.17) is 5.73 Å². The second-order valence-electron chi connectivity index (χ2n) is 7.63. The van der Waals surface area contributed by atoms with Crippen LogP contribution in [0.5, 0.6) is 0 Å². The third-order valence-corrected chi connectivity index (χ3v) is 6.97. The maximum atomic E-state index is 13.8. The van der Waals surface area contributed by atoms with Gasteiger partial charge < -0.3 is 10.6 Å². The Kier molecular flexibility index (Phi) is 4.51. The van der Waals surface area contributed by atoms with Crippen LogP contribution in [0.25, 0.3) is 0 Å². The van der Waals surface area contributed by atoms with Crippen LogP contribution in [-0.2, 0) is 6.54 Å². The number of piperidine rings is 1. The van der Waals surface area contributed by atoms with E-state index in [1.54, 1.807) is 12.4 Å². The van der Waals surface area contributed by atoms with Crippen molar-refractivity contribution in [2.45, 2.75) is 35.3 Å². The largest absolute Gasteiger partial charge is 0.355 e. The summed E-state index contributed by atoms with van der Waals surface area (Å²) in [6.07, 6.45) is 7.09. The Balaban J connectivity index is 1.24. The van der Waals surface area contributed by atoms with Crippen LogP contribution in [-0.4, -0.2) is 32.8 Å². The minimum Gasteiger partial charge on any atom is -0.355 e. The summed E-state index contributed by atoms with van der Waals surface area (Å²) < 4.78 is 28.9. The maximum Gasteiger partial charge on any atom is 0.147 e. The lowest BCUT2D eigenvalue weighted by molar-refractivity contribution is 0.170. The van der Waals surface area contributed by atoms with Crippen LogP contribution in [0.3, 0.4) is 0 Å². The fraction of sp³-hybridized carbons (Fsp3) is 0.350. The maximum absolute atomic E-state index is 13.8. The number of benzene rings is 1. The average Bonchev–Trinajstić information content (AvgIpc) is 3.27. The van der Waals surface area contributed by atoms with Crippen molar-refractivity contribution >= 4 is 17.6 Å². The lowest BCUT2D eigenvalue weighted by Crippen LogP contribution is -2.45. The smallest absolute Gasteiger partial charge is 0.147 e. The van der Waals surface area contributed by atoms with Gasteiger partial charge in [-0.2, -0.15) is 5.10 Å². The van der Waals surface area contributed by atoms with E-state index in [2.05, 4.69) is 20.0 Å². The molecule has 0 aliphatic carbocycles. The monoisotopic (exact) mass is 414 g/mol. The van der Waals surface area contributed by atoms with Gasteiger partial charge in [0.15, 0.2) is 0 Å². The van der Waals surface area contributed by atoms with E-state index in [1.807, 2.05) is 16.9 Å². The van der Waals surface area contributed by atoms with Crippen molar-refractivity contribution in [3.63, 3.8) is 0 Å². The van der Waals surface area contributed by atoms with Gasteiger partial charge >= 0.3 is 0 Å². The van der Waals surface area contributed by atoms with E-state index in [9.17, 15) is 8.78 Å². The predicted molar refractivity (Wildman–Crippen MR) is 106 cm³/mol. The Hall–Kier alpha value is -2.52. The van der Waals surface area contributed by atoms with E-state index < -0.39 is 11.6 Å². The Morgan fingerprint density at radius 3 is 2.62 bits per heavy atom. The van der Waals surface area contributed by atoms with E-state index in [1.165, 1.54) is 12.1 Å². The van der Waals surface area contributed by atoms with Crippen LogP contribution in [0.1, 0.15) is 24.6 Å². The minimum absolute atomic E-state index is 0.0163. The lowest BCUT2D eigenvalue weighted by atomic mass is 9.73. The van der Waals surface area contributed by atoms with E-state index >= 15 is 0 Å². The van der Waals surface area contributed by atoms with Gasteiger partial charge in [0.05, 0.1) is 24.1 Å². The molecule has 2 aliphatic heterocycles. The van der Waals surface area contributed by atoms with Gasteiger partial charge in [-0.15, -0.1) is 0 Å². The Morgan fingerprint density at radius 1 is 1.10 bits per heavy atom. The molecule has 1 spiro atoms. The van der Waals surface area contributed by atoms with Gasteiger partial charge in [-0.05, 0) is 31.0 Å². The number of hydrogen-bond donors (Lipinski definition) is 1. The van der Waals surface area contributed by atoms with Crippen molar-refractivity contribution in [1.29, 1.82) is 0 Å². The Bertz CT molecular complexity index is 1030. The summed E-state index contributed by atoms with van der Waals surface area (Å²) in [6, 6.07) is 5.54. The van der Waals surface area contributed by atoms with Crippen molar-refractivity contribution in [3.8, 4) is 0 Å². The Morgan fingerprint density at radius 2 is 1.93 bits per heavy atom. The van der Waals surface area contributed by atoms with Crippen LogP contribution in [0, 0.1) is 17.0 Å². The quantitative estimate of drug-likeness (QED) is 0.708. The first-order valence-electron chi connectivity index (χ1n) is 9.51. The molecule has 4 heterocycles. The second-order valence-corrected chi connectivity index (χ2v) is 8.69. The summed E-state index contributed by atoms with van der Waals surface area (Å²) in [4.78, 5) is 11.4. The topological polar surface area (TPSA) is 72.9 Å². The lowest BCUT2D eigenvalue weighted by Gasteiger charge is -2.41. The van der Waals surface area contributed by atoms with Gasteiger partial charge in [0, 0.05) is 42.2 Å². The molecule has 5 rings (SSSR count). The van der Waals surface area contributed by atoms with Crippen LogP contribution in [0.15, 0.2) is 52.8 Å².